The summed E-state index contributed by atoms with van der Waals surface area (Å²) in [6, 6.07) is 2.90. The summed E-state index contributed by atoms with van der Waals surface area (Å²) in [5, 5.41) is 10.5. The lowest BCUT2D eigenvalue weighted by molar-refractivity contribution is -0.139. The number of carboxylic acids is 1. The highest BCUT2D eigenvalue weighted by Gasteiger charge is 2.20. The molecule has 0 saturated heterocycles. The van der Waals surface area contributed by atoms with Crippen molar-refractivity contribution in [3.8, 4) is 5.75 Å². The van der Waals surface area contributed by atoms with Crippen LogP contribution in [0.15, 0.2) is 24.3 Å². The summed E-state index contributed by atoms with van der Waals surface area (Å²) in [4.78, 5) is 22.0. The summed E-state index contributed by atoms with van der Waals surface area (Å²) in [6.07, 6.45) is 0. The lowest BCUT2D eigenvalue weighted by atomic mass is 10.2. The van der Waals surface area contributed by atoms with Crippen molar-refractivity contribution in [3.63, 3.8) is 0 Å². The van der Waals surface area contributed by atoms with Gasteiger partial charge in [-0.25, -0.2) is 9.18 Å². The van der Waals surface area contributed by atoms with Gasteiger partial charge in [0.2, 0.25) is 0 Å². The maximum Gasteiger partial charge on any atom is 0.387 e. The molecule has 0 saturated carbocycles. The Bertz CT molecular complexity index is 450. The van der Waals surface area contributed by atoms with E-state index >= 15 is 0 Å². The van der Waals surface area contributed by atoms with Crippen LogP contribution in [0.1, 0.15) is 10.4 Å². The Balaban J connectivity index is 2.70. The minimum absolute atomic E-state index is 0.00122. The van der Waals surface area contributed by atoms with E-state index in [1.807, 2.05) is 5.32 Å². The summed E-state index contributed by atoms with van der Waals surface area (Å²) in [5.74, 6) is -2.48. The van der Waals surface area contributed by atoms with Crippen molar-refractivity contribution in [2.24, 2.45) is 0 Å². The number of carboxylic acid groups (broad SMARTS) is 1. The Labute approximate surface area is 106 Å². The van der Waals surface area contributed by atoms with Crippen LogP contribution in [0.4, 0.5) is 13.2 Å². The summed E-state index contributed by atoms with van der Waals surface area (Å²) >= 11 is 0. The average Bonchev–Trinajstić information content (AvgIpc) is 2.35. The van der Waals surface area contributed by atoms with Gasteiger partial charge in [-0.3, -0.25) is 4.79 Å². The zero-order valence-electron chi connectivity index (χ0n) is 9.48. The minimum Gasteiger partial charge on any atom is -0.480 e. The Morgan fingerprint density at radius 3 is 2.26 bits per heavy atom. The van der Waals surface area contributed by atoms with E-state index in [2.05, 4.69) is 4.74 Å². The van der Waals surface area contributed by atoms with E-state index < -0.39 is 31.2 Å². The second-order valence-corrected chi connectivity index (χ2v) is 3.42. The number of nitrogens with one attached hydrogen (secondary N) is 1. The molecular weight excluding hydrogens is 267 g/mol. The summed E-state index contributed by atoms with van der Waals surface area (Å²) < 4.78 is 40.1. The van der Waals surface area contributed by atoms with Gasteiger partial charge in [-0.15, -0.1) is 0 Å². The van der Waals surface area contributed by atoms with E-state index in [0.29, 0.717) is 0 Å². The molecule has 0 aliphatic carbocycles. The smallest absolute Gasteiger partial charge is 0.387 e. The van der Waals surface area contributed by atoms with Crippen molar-refractivity contribution in [1.82, 2.24) is 5.32 Å². The van der Waals surface area contributed by atoms with Crippen LogP contribution in [0, 0.1) is 0 Å². The molecule has 0 aliphatic heterocycles. The molecule has 2 N–H and O–H groups in total. The molecule has 0 aromatic heterocycles. The molecule has 5 nitrogen and oxygen atoms in total. The van der Waals surface area contributed by atoms with Crippen LogP contribution in [0.25, 0.3) is 0 Å². The van der Waals surface area contributed by atoms with Gasteiger partial charge in [0.1, 0.15) is 12.4 Å². The number of carbonyl (C=O) groups excluding carboxylic acids is 1. The van der Waals surface area contributed by atoms with Gasteiger partial charge in [0.25, 0.3) is 5.91 Å². The fourth-order valence-electron chi connectivity index (χ4n) is 1.20. The van der Waals surface area contributed by atoms with Crippen LogP contribution in [-0.2, 0) is 4.79 Å². The molecule has 0 bridgehead atoms. The average molecular weight is 277 g/mol. The number of halogens is 3. The van der Waals surface area contributed by atoms with Gasteiger partial charge in [-0.2, -0.15) is 8.78 Å². The molecule has 1 unspecified atom stereocenters. The molecule has 1 aromatic carbocycles. The number of hydrogen-bond donors (Lipinski definition) is 2. The third-order valence-corrected chi connectivity index (χ3v) is 2.10. The zero-order chi connectivity index (χ0) is 14.4. The highest BCUT2D eigenvalue weighted by molar-refractivity contribution is 5.96. The Morgan fingerprint density at radius 2 is 1.84 bits per heavy atom. The predicted molar refractivity (Wildman–Crippen MR) is 57.9 cm³/mol. The first-order chi connectivity index (χ1) is 8.93. The molecular formula is C11H10F3NO4. The lowest BCUT2D eigenvalue weighted by Gasteiger charge is -2.11. The number of benzene rings is 1. The molecule has 0 aliphatic rings. The first-order valence-electron chi connectivity index (χ1n) is 5.08. The molecule has 8 heteroatoms. The van der Waals surface area contributed by atoms with Crippen LogP contribution in [0.2, 0.25) is 0 Å². The maximum atomic E-state index is 12.3. The fourth-order valence-corrected chi connectivity index (χ4v) is 1.20. The highest BCUT2D eigenvalue weighted by Crippen LogP contribution is 2.14. The number of rotatable bonds is 6. The quantitative estimate of drug-likeness (QED) is 0.825. The molecule has 104 valence electrons. The SMILES string of the molecule is O=C(NC(CF)C(=O)O)c1ccc(OC(F)F)cc1. The standard InChI is InChI=1S/C11H10F3NO4/c12-5-8(10(17)18)15-9(16)6-1-3-7(4-2-6)19-11(13)14/h1-4,8,11H,5H2,(H,15,16)(H,17,18). The van der Waals surface area contributed by atoms with E-state index in [4.69, 9.17) is 5.11 Å². The molecule has 1 aromatic rings. The van der Waals surface area contributed by atoms with Gasteiger partial charge in [0, 0.05) is 5.56 Å². The van der Waals surface area contributed by atoms with E-state index in [-0.39, 0.29) is 11.3 Å². The van der Waals surface area contributed by atoms with E-state index in [0.717, 1.165) is 24.3 Å². The Morgan fingerprint density at radius 1 is 1.26 bits per heavy atom. The predicted octanol–water partition coefficient (Wildman–Crippen LogP) is 1.44. The molecule has 0 heterocycles. The van der Waals surface area contributed by atoms with Gasteiger partial charge >= 0.3 is 12.6 Å². The van der Waals surface area contributed by atoms with Crippen molar-refractivity contribution in [2.45, 2.75) is 12.7 Å². The molecule has 19 heavy (non-hydrogen) atoms. The third-order valence-electron chi connectivity index (χ3n) is 2.10. The van der Waals surface area contributed by atoms with Gasteiger partial charge in [0.05, 0.1) is 0 Å². The Kier molecular flexibility index (Phi) is 5.16. The second-order valence-electron chi connectivity index (χ2n) is 3.42. The highest BCUT2D eigenvalue weighted by atomic mass is 19.3. The third kappa shape index (κ3) is 4.49. The zero-order valence-corrected chi connectivity index (χ0v) is 9.48. The van der Waals surface area contributed by atoms with Crippen molar-refractivity contribution in [1.29, 1.82) is 0 Å². The number of alkyl halides is 3. The molecule has 0 spiro atoms. The van der Waals surface area contributed by atoms with Crippen molar-refractivity contribution >= 4 is 11.9 Å². The summed E-state index contributed by atoms with van der Waals surface area (Å²) in [7, 11) is 0. The molecule has 1 atom stereocenters. The van der Waals surface area contributed by atoms with E-state index in [1.165, 1.54) is 0 Å². The van der Waals surface area contributed by atoms with Crippen molar-refractivity contribution in [2.75, 3.05) is 6.67 Å². The van der Waals surface area contributed by atoms with E-state index in [9.17, 15) is 22.8 Å². The largest absolute Gasteiger partial charge is 0.480 e. The molecule has 0 radical (unpaired) electrons. The number of amides is 1. The summed E-state index contributed by atoms with van der Waals surface area (Å²) in [6.45, 7) is -4.24. The first-order valence-corrected chi connectivity index (χ1v) is 5.08. The van der Waals surface area contributed by atoms with E-state index in [1.54, 1.807) is 0 Å². The Hall–Kier alpha value is -2.25. The van der Waals surface area contributed by atoms with Crippen LogP contribution in [0.5, 0.6) is 5.75 Å². The molecule has 0 fully saturated rings. The lowest BCUT2D eigenvalue weighted by Crippen LogP contribution is -2.42. The fraction of sp³-hybridized carbons (Fsp3) is 0.273. The number of hydrogen-bond acceptors (Lipinski definition) is 3. The number of aliphatic carboxylic acids is 1. The maximum absolute atomic E-state index is 12.3. The van der Waals surface area contributed by atoms with Gasteiger partial charge < -0.3 is 15.2 Å². The van der Waals surface area contributed by atoms with Crippen molar-refractivity contribution < 1.29 is 32.6 Å². The van der Waals surface area contributed by atoms with Crippen LogP contribution >= 0.6 is 0 Å². The van der Waals surface area contributed by atoms with Crippen LogP contribution in [0.3, 0.4) is 0 Å². The van der Waals surface area contributed by atoms with Gasteiger partial charge in [0.15, 0.2) is 6.04 Å². The molecule has 1 amide bonds. The van der Waals surface area contributed by atoms with Crippen LogP contribution < -0.4 is 10.1 Å². The summed E-state index contributed by atoms with van der Waals surface area (Å²) in [5.41, 5.74) is 0.00122. The first kappa shape index (κ1) is 14.8. The monoisotopic (exact) mass is 277 g/mol. The second kappa shape index (κ2) is 6.62. The van der Waals surface area contributed by atoms with Gasteiger partial charge in [-0.1, -0.05) is 0 Å². The topological polar surface area (TPSA) is 75.6 Å². The minimum atomic E-state index is -2.98. The van der Waals surface area contributed by atoms with Gasteiger partial charge in [-0.05, 0) is 24.3 Å². The van der Waals surface area contributed by atoms with Crippen LogP contribution in [-0.4, -0.2) is 36.3 Å². The number of ether oxygens (including phenoxy) is 1. The molecule has 1 rings (SSSR count). The number of carbonyl (C=O) groups is 2. The van der Waals surface area contributed by atoms with Crippen molar-refractivity contribution in [3.05, 3.63) is 29.8 Å². The normalized spacial score (nSPS) is 12.0.